The van der Waals surface area contributed by atoms with Gasteiger partial charge in [-0.25, -0.2) is 8.42 Å². The van der Waals surface area contributed by atoms with E-state index in [0.29, 0.717) is 5.69 Å². The maximum absolute atomic E-state index is 11.2. The lowest BCUT2D eigenvalue weighted by molar-refractivity contribution is -0.870. The number of sulfonamides is 1. The van der Waals surface area contributed by atoms with Crippen molar-refractivity contribution in [2.75, 3.05) is 17.5 Å². The maximum atomic E-state index is 11.2. The van der Waals surface area contributed by atoms with Crippen LogP contribution >= 0.6 is 0 Å². The lowest BCUT2D eigenvalue weighted by atomic mass is 9.98. The fourth-order valence-electron chi connectivity index (χ4n) is 2.05. The van der Waals surface area contributed by atoms with E-state index in [1.54, 1.807) is 0 Å². The van der Waals surface area contributed by atoms with Gasteiger partial charge in [0, 0.05) is 12.0 Å². The van der Waals surface area contributed by atoms with E-state index in [9.17, 15) is 8.42 Å². The molecule has 0 saturated heterocycles. The fourth-order valence-corrected chi connectivity index (χ4v) is 2.64. The van der Waals surface area contributed by atoms with E-state index in [1.165, 1.54) is 16.7 Å². The van der Waals surface area contributed by atoms with Crippen LogP contribution in [0.2, 0.25) is 0 Å². The van der Waals surface area contributed by atoms with Crippen LogP contribution in [0, 0.1) is 7.05 Å². The number of rotatable bonds is 2. The highest BCUT2D eigenvalue weighted by Crippen LogP contribution is 2.22. The van der Waals surface area contributed by atoms with Crippen molar-refractivity contribution in [3.63, 3.8) is 0 Å². The molecule has 1 atom stereocenters. The Hall–Kier alpha value is -1.07. The van der Waals surface area contributed by atoms with Crippen molar-refractivity contribution >= 4 is 15.7 Å². The number of hydrogen-bond acceptors (Lipinski definition) is 2. The highest BCUT2D eigenvalue weighted by molar-refractivity contribution is 7.92. The first kappa shape index (κ1) is 14.0. The van der Waals surface area contributed by atoms with E-state index in [1.807, 2.05) is 18.2 Å². The third-order valence-corrected chi connectivity index (χ3v) is 3.33. The Morgan fingerprint density at radius 1 is 1.41 bits per heavy atom. The molecule has 1 aromatic rings. The first-order chi connectivity index (χ1) is 7.46. The van der Waals surface area contributed by atoms with Crippen LogP contribution in [-0.4, -0.2) is 21.2 Å². The van der Waals surface area contributed by atoms with Crippen LogP contribution in [0.15, 0.2) is 18.2 Å². The van der Waals surface area contributed by atoms with Gasteiger partial charge in [-0.3, -0.25) is 4.72 Å². The molecule has 0 spiro atoms. The summed E-state index contributed by atoms with van der Waals surface area (Å²) in [5.74, 6) is 0. The van der Waals surface area contributed by atoms with Crippen molar-refractivity contribution < 1.29 is 13.3 Å². The molecule has 0 fully saturated rings. The first-order valence-corrected chi connectivity index (χ1v) is 7.10. The molecule has 1 heterocycles. The highest BCUT2D eigenvalue weighted by atomic mass is 32.2. The lowest BCUT2D eigenvalue weighted by Gasteiger charge is -2.29. The molecule has 4 nitrogen and oxygen atoms in total. The zero-order valence-corrected chi connectivity index (χ0v) is 10.1. The largest absolute Gasteiger partial charge is 0.464 e. The predicted octanol–water partition coefficient (Wildman–Crippen LogP) is 0.427. The second-order valence-electron chi connectivity index (χ2n) is 4.24. The van der Waals surface area contributed by atoms with Crippen molar-refractivity contribution in [2.45, 2.75) is 20.4 Å². The SMILES string of the molecule is C.[CH2-][NH+]1CCc2c(cccc2NS(C)(=O)=O)C1. The van der Waals surface area contributed by atoms with Gasteiger partial charge in [-0.15, -0.1) is 0 Å². The van der Waals surface area contributed by atoms with Gasteiger partial charge >= 0.3 is 0 Å². The summed E-state index contributed by atoms with van der Waals surface area (Å²) in [7, 11) is 0.782. The molecule has 0 radical (unpaired) electrons. The fraction of sp³-hybridized carbons (Fsp3) is 0.417. The van der Waals surface area contributed by atoms with Crippen molar-refractivity contribution in [1.82, 2.24) is 0 Å². The average Bonchev–Trinajstić information content (AvgIpc) is 2.15. The van der Waals surface area contributed by atoms with Crippen molar-refractivity contribution in [2.24, 2.45) is 0 Å². The summed E-state index contributed by atoms with van der Waals surface area (Å²) >= 11 is 0. The Balaban J connectivity index is 0.00000144. The summed E-state index contributed by atoms with van der Waals surface area (Å²) in [4.78, 5) is 1.21. The number of hydrogen-bond donors (Lipinski definition) is 2. The van der Waals surface area contributed by atoms with E-state index < -0.39 is 10.0 Å². The monoisotopic (exact) mass is 256 g/mol. The Labute approximate surface area is 104 Å². The summed E-state index contributed by atoms with van der Waals surface area (Å²) in [6.45, 7) is 1.80. The first-order valence-electron chi connectivity index (χ1n) is 5.21. The van der Waals surface area contributed by atoms with Crippen LogP contribution in [0.4, 0.5) is 5.69 Å². The van der Waals surface area contributed by atoms with E-state index in [2.05, 4.69) is 11.8 Å². The summed E-state index contributed by atoms with van der Waals surface area (Å²) in [6, 6.07) is 5.73. The summed E-state index contributed by atoms with van der Waals surface area (Å²) in [5, 5.41) is 0. The van der Waals surface area contributed by atoms with Crippen LogP contribution in [0.5, 0.6) is 0 Å². The third-order valence-electron chi connectivity index (χ3n) is 2.74. The van der Waals surface area contributed by atoms with Gasteiger partial charge in [0.2, 0.25) is 10.0 Å². The van der Waals surface area contributed by atoms with Gasteiger partial charge in [0.05, 0.1) is 25.0 Å². The number of benzene rings is 1. The molecule has 0 amide bonds. The van der Waals surface area contributed by atoms with E-state index >= 15 is 0 Å². The molecule has 5 heteroatoms. The smallest absolute Gasteiger partial charge is 0.229 e. The Morgan fingerprint density at radius 2 is 2.12 bits per heavy atom. The molecule has 2 N–H and O–H groups in total. The minimum Gasteiger partial charge on any atom is -0.464 e. The quantitative estimate of drug-likeness (QED) is 0.754. The zero-order valence-electron chi connectivity index (χ0n) is 9.29. The van der Waals surface area contributed by atoms with Crippen LogP contribution in [0.25, 0.3) is 0 Å². The lowest BCUT2D eigenvalue weighted by Crippen LogP contribution is -3.06. The molecule has 1 aliphatic rings. The molecule has 1 unspecified atom stereocenters. The predicted molar refractivity (Wildman–Crippen MR) is 70.2 cm³/mol. The van der Waals surface area contributed by atoms with Gasteiger partial charge in [0.15, 0.2) is 0 Å². The number of nitrogens with one attached hydrogen (secondary N) is 2. The second-order valence-corrected chi connectivity index (χ2v) is 5.99. The molecular weight excluding hydrogens is 236 g/mol. The summed E-state index contributed by atoms with van der Waals surface area (Å²) in [6.07, 6.45) is 2.04. The molecule has 1 aliphatic heterocycles. The zero-order chi connectivity index (χ0) is 11.8. The molecule has 1 aromatic carbocycles. The highest BCUT2D eigenvalue weighted by Gasteiger charge is 2.17. The van der Waals surface area contributed by atoms with Gasteiger partial charge in [0.25, 0.3) is 0 Å². The van der Waals surface area contributed by atoms with E-state index in [0.717, 1.165) is 25.1 Å². The van der Waals surface area contributed by atoms with Crippen LogP contribution < -0.4 is 9.62 Å². The van der Waals surface area contributed by atoms with E-state index in [4.69, 9.17) is 0 Å². The van der Waals surface area contributed by atoms with Gasteiger partial charge < -0.3 is 4.90 Å². The topological polar surface area (TPSA) is 50.6 Å². The van der Waals surface area contributed by atoms with Crippen molar-refractivity contribution in [3.05, 3.63) is 36.4 Å². The molecule has 0 saturated carbocycles. The number of quaternary nitrogens is 1. The standard InChI is InChI=1S/C11H16N2O2S.CH4/c1-13-7-6-10-9(8-13)4-3-5-11(10)12-16(2,14)15;/h3-5,12-13H,1,6-8H2,2H3;1H4. The van der Waals surface area contributed by atoms with Gasteiger partial charge in [-0.1, -0.05) is 19.6 Å². The van der Waals surface area contributed by atoms with Crippen LogP contribution in [-0.2, 0) is 23.0 Å². The minimum absolute atomic E-state index is 0. The molecule has 0 bridgehead atoms. The molecule has 96 valence electrons. The number of fused-ring (bicyclic) bond motifs is 1. The molecular formula is C12H20N2O2S. The van der Waals surface area contributed by atoms with Gasteiger partial charge in [-0.2, -0.15) is 7.05 Å². The molecule has 17 heavy (non-hydrogen) atoms. The third kappa shape index (κ3) is 3.44. The van der Waals surface area contributed by atoms with Crippen LogP contribution in [0.1, 0.15) is 18.6 Å². The van der Waals surface area contributed by atoms with E-state index in [-0.39, 0.29) is 7.43 Å². The molecule has 0 aliphatic carbocycles. The normalized spacial score (nSPS) is 19.1. The Morgan fingerprint density at radius 3 is 2.76 bits per heavy atom. The average molecular weight is 256 g/mol. The van der Waals surface area contributed by atoms with Crippen molar-refractivity contribution in [1.29, 1.82) is 0 Å². The molecule has 0 aromatic heterocycles. The minimum atomic E-state index is -3.20. The van der Waals surface area contributed by atoms with Crippen LogP contribution in [0.3, 0.4) is 0 Å². The summed E-state index contributed by atoms with van der Waals surface area (Å²) < 4.78 is 25.0. The summed E-state index contributed by atoms with van der Waals surface area (Å²) in [5.41, 5.74) is 3.01. The van der Waals surface area contributed by atoms with Crippen molar-refractivity contribution in [3.8, 4) is 0 Å². The molecule has 2 rings (SSSR count). The number of anilines is 1. The Kier molecular flexibility index (Phi) is 4.16. The maximum Gasteiger partial charge on any atom is 0.229 e. The van der Waals surface area contributed by atoms with Gasteiger partial charge in [-0.05, 0) is 11.6 Å². The van der Waals surface area contributed by atoms with Gasteiger partial charge in [0.1, 0.15) is 0 Å². The second kappa shape index (κ2) is 5.06. The Bertz CT molecular complexity index is 497.